The van der Waals surface area contributed by atoms with Crippen LogP contribution in [0.3, 0.4) is 0 Å². The van der Waals surface area contributed by atoms with Gasteiger partial charge in [-0.2, -0.15) is 5.10 Å². The van der Waals surface area contributed by atoms with Gasteiger partial charge in [0.05, 0.1) is 17.5 Å². The lowest BCUT2D eigenvalue weighted by Gasteiger charge is -2.07. The second kappa shape index (κ2) is 11.2. The molecule has 0 unspecified atom stereocenters. The number of hydrogen-bond donors (Lipinski definition) is 1. The fourth-order valence-electron chi connectivity index (χ4n) is 3.06. The van der Waals surface area contributed by atoms with Gasteiger partial charge in [0.15, 0.2) is 5.16 Å². The zero-order chi connectivity index (χ0) is 24.6. The molecule has 4 rings (SSSR count). The van der Waals surface area contributed by atoms with E-state index in [1.54, 1.807) is 30.3 Å². The van der Waals surface area contributed by atoms with E-state index >= 15 is 0 Å². The number of carbonyl (C=O) groups excluding carboxylic acids is 2. The van der Waals surface area contributed by atoms with Crippen LogP contribution in [-0.4, -0.2) is 38.6 Å². The van der Waals surface area contributed by atoms with Crippen molar-refractivity contribution in [3.05, 3.63) is 102 Å². The highest BCUT2D eigenvalue weighted by Gasteiger charge is 2.14. The lowest BCUT2D eigenvalue weighted by Crippen LogP contribution is -2.20. The molecule has 176 valence electrons. The lowest BCUT2D eigenvalue weighted by molar-refractivity contribution is -0.118. The van der Waals surface area contributed by atoms with Gasteiger partial charge in [0.1, 0.15) is 17.4 Å². The molecule has 8 nitrogen and oxygen atoms in total. The zero-order valence-corrected chi connectivity index (χ0v) is 19.4. The van der Waals surface area contributed by atoms with Crippen LogP contribution in [0.2, 0.25) is 0 Å². The summed E-state index contributed by atoms with van der Waals surface area (Å²) in [4.78, 5) is 24.3. The lowest BCUT2D eigenvalue weighted by atomic mass is 10.2. The Morgan fingerprint density at radius 2 is 1.74 bits per heavy atom. The molecule has 1 N–H and O–H groups in total. The van der Waals surface area contributed by atoms with Crippen LogP contribution in [0.5, 0.6) is 5.75 Å². The Kier molecular flexibility index (Phi) is 7.63. The maximum absolute atomic E-state index is 13.7. The van der Waals surface area contributed by atoms with Crippen molar-refractivity contribution < 1.29 is 18.7 Å². The third kappa shape index (κ3) is 6.18. The number of ether oxygens (including phenoxy) is 1. The molecule has 1 heterocycles. The van der Waals surface area contributed by atoms with Gasteiger partial charge in [0.2, 0.25) is 0 Å². The molecule has 0 fully saturated rings. The molecule has 10 heteroatoms. The molecule has 0 saturated carbocycles. The molecule has 0 radical (unpaired) electrons. The van der Waals surface area contributed by atoms with E-state index in [9.17, 15) is 14.0 Å². The van der Waals surface area contributed by atoms with Gasteiger partial charge < -0.3 is 4.74 Å². The summed E-state index contributed by atoms with van der Waals surface area (Å²) >= 11 is 1.25. The van der Waals surface area contributed by atoms with E-state index in [1.165, 1.54) is 36.2 Å². The SMILES string of the molecule is Cc1nnc(SCC(=O)N/N=C/c2ccc(OC(=O)c3ccccc3F)cc2)n1-c1ccccc1. The average Bonchev–Trinajstić information content (AvgIpc) is 3.24. The van der Waals surface area contributed by atoms with E-state index in [0.29, 0.717) is 10.7 Å². The quantitative estimate of drug-likeness (QED) is 0.131. The number of carbonyl (C=O) groups is 2. The summed E-state index contributed by atoms with van der Waals surface area (Å²) in [6.07, 6.45) is 1.46. The first kappa shape index (κ1) is 23.8. The van der Waals surface area contributed by atoms with Crippen LogP contribution in [0.1, 0.15) is 21.7 Å². The van der Waals surface area contributed by atoms with Crippen molar-refractivity contribution in [2.45, 2.75) is 12.1 Å². The second-order valence-electron chi connectivity index (χ2n) is 7.22. The van der Waals surface area contributed by atoms with Crippen molar-refractivity contribution in [1.82, 2.24) is 20.2 Å². The summed E-state index contributed by atoms with van der Waals surface area (Å²) in [6.45, 7) is 1.85. The molecule has 4 aromatic rings. The summed E-state index contributed by atoms with van der Waals surface area (Å²) in [5.74, 6) is -0.651. The number of nitrogens with zero attached hydrogens (tertiary/aromatic N) is 4. The monoisotopic (exact) mass is 489 g/mol. The van der Waals surface area contributed by atoms with Crippen LogP contribution >= 0.6 is 11.8 Å². The third-order valence-corrected chi connectivity index (χ3v) is 5.66. The Morgan fingerprint density at radius 3 is 2.49 bits per heavy atom. The van der Waals surface area contributed by atoms with Crippen LogP contribution in [-0.2, 0) is 4.79 Å². The smallest absolute Gasteiger partial charge is 0.346 e. The van der Waals surface area contributed by atoms with Crippen molar-refractivity contribution in [3.63, 3.8) is 0 Å². The number of para-hydroxylation sites is 1. The van der Waals surface area contributed by atoms with Crippen molar-refractivity contribution in [3.8, 4) is 11.4 Å². The minimum absolute atomic E-state index is 0.104. The zero-order valence-electron chi connectivity index (χ0n) is 18.6. The number of hydrazone groups is 1. The maximum Gasteiger partial charge on any atom is 0.346 e. The first-order valence-corrected chi connectivity index (χ1v) is 11.5. The molecule has 1 amide bonds. The fourth-order valence-corrected chi connectivity index (χ4v) is 3.85. The first-order valence-electron chi connectivity index (χ1n) is 10.5. The van der Waals surface area contributed by atoms with Crippen LogP contribution in [0.15, 0.2) is 89.1 Å². The predicted molar refractivity (Wildman–Crippen MR) is 130 cm³/mol. The van der Waals surface area contributed by atoms with Gasteiger partial charge >= 0.3 is 5.97 Å². The predicted octanol–water partition coefficient (Wildman–Crippen LogP) is 4.18. The minimum atomic E-state index is -0.785. The van der Waals surface area contributed by atoms with Crippen LogP contribution in [0.4, 0.5) is 4.39 Å². The number of hydrogen-bond acceptors (Lipinski definition) is 7. The summed E-state index contributed by atoms with van der Waals surface area (Å²) in [5.41, 5.74) is 3.91. The summed E-state index contributed by atoms with van der Waals surface area (Å²) in [6, 6.07) is 21.7. The number of benzene rings is 3. The van der Waals surface area contributed by atoms with Crippen molar-refractivity contribution in [2.24, 2.45) is 5.10 Å². The number of halogens is 1. The Balaban J connectivity index is 1.28. The Labute approximate surface area is 204 Å². The van der Waals surface area contributed by atoms with Gasteiger partial charge in [-0.3, -0.25) is 9.36 Å². The average molecular weight is 490 g/mol. The summed E-state index contributed by atoms with van der Waals surface area (Å²) < 4.78 is 20.8. The van der Waals surface area contributed by atoms with E-state index in [-0.39, 0.29) is 23.0 Å². The van der Waals surface area contributed by atoms with Crippen molar-refractivity contribution >= 4 is 29.9 Å². The van der Waals surface area contributed by atoms with Crippen LogP contribution < -0.4 is 10.2 Å². The van der Waals surface area contributed by atoms with Gasteiger partial charge in [0, 0.05) is 5.69 Å². The number of thioether (sulfide) groups is 1. The molecular weight excluding hydrogens is 469 g/mol. The van der Waals surface area contributed by atoms with E-state index in [1.807, 2.05) is 41.8 Å². The van der Waals surface area contributed by atoms with E-state index < -0.39 is 11.8 Å². The fraction of sp³-hybridized carbons (Fsp3) is 0.0800. The topological polar surface area (TPSA) is 98.5 Å². The van der Waals surface area contributed by atoms with Crippen molar-refractivity contribution in [1.29, 1.82) is 0 Å². The standard InChI is InChI=1S/C25H20FN5O3S/c1-17-28-30-25(31(17)19-7-3-2-4-8-19)35-16-23(32)29-27-15-18-11-13-20(14-12-18)34-24(33)21-9-5-6-10-22(21)26/h2-15H,16H2,1H3,(H,29,32)/b27-15+. The first-order chi connectivity index (χ1) is 17.0. The number of aryl methyl sites for hydroxylation is 1. The maximum atomic E-state index is 13.7. The largest absolute Gasteiger partial charge is 0.423 e. The Hall–Kier alpha value is -4.31. The summed E-state index contributed by atoms with van der Waals surface area (Å²) in [5, 5.41) is 12.8. The van der Waals surface area contributed by atoms with E-state index in [0.717, 1.165) is 11.5 Å². The van der Waals surface area contributed by atoms with E-state index in [2.05, 4.69) is 20.7 Å². The minimum Gasteiger partial charge on any atom is -0.423 e. The van der Waals surface area contributed by atoms with Gasteiger partial charge in [-0.05, 0) is 61.0 Å². The van der Waals surface area contributed by atoms with Gasteiger partial charge in [0.25, 0.3) is 5.91 Å². The molecular formula is C25H20FN5O3S. The van der Waals surface area contributed by atoms with Gasteiger partial charge in [-0.1, -0.05) is 42.1 Å². The molecule has 0 saturated heterocycles. The summed E-state index contributed by atoms with van der Waals surface area (Å²) in [7, 11) is 0. The van der Waals surface area contributed by atoms with E-state index in [4.69, 9.17) is 4.74 Å². The molecule has 0 aliphatic rings. The molecule has 1 aromatic heterocycles. The number of rotatable bonds is 8. The molecule has 0 spiro atoms. The molecule has 0 aliphatic heterocycles. The van der Waals surface area contributed by atoms with Gasteiger partial charge in [-0.25, -0.2) is 14.6 Å². The molecule has 35 heavy (non-hydrogen) atoms. The van der Waals surface area contributed by atoms with Crippen LogP contribution in [0.25, 0.3) is 5.69 Å². The van der Waals surface area contributed by atoms with Crippen molar-refractivity contribution in [2.75, 3.05) is 5.75 Å². The molecule has 0 aliphatic carbocycles. The normalized spacial score (nSPS) is 10.9. The Bertz CT molecular complexity index is 1360. The number of aromatic nitrogens is 3. The van der Waals surface area contributed by atoms with Gasteiger partial charge in [-0.15, -0.1) is 10.2 Å². The highest BCUT2D eigenvalue weighted by Crippen LogP contribution is 2.21. The number of nitrogens with one attached hydrogen (secondary N) is 1. The molecule has 0 atom stereocenters. The number of amides is 1. The third-order valence-electron chi connectivity index (χ3n) is 4.73. The highest BCUT2D eigenvalue weighted by molar-refractivity contribution is 7.99. The number of esters is 1. The molecule has 3 aromatic carbocycles. The second-order valence-corrected chi connectivity index (χ2v) is 8.16. The Morgan fingerprint density at radius 1 is 1.03 bits per heavy atom. The highest BCUT2D eigenvalue weighted by atomic mass is 32.2. The van der Waals surface area contributed by atoms with Crippen LogP contribution in [0, 0.1) is 12.7 Å². The molecule has 0 bridgehead atoms.